The van der Waals surface area contributed by atoms with Gasteiger partial charge in [0.15, 0.2) is 11.5 Å². The van der Waals surface area contributed by atoms with E-state index >= 15 is 0 Å². The number of benzene rings is 1. The Morgan fingerprint density at radius 3 is 2.38 bits per heavy atom. The van der Waals surface area contributed by atoms with Gasteiger partial charge in [-0.15, -0.1) is 0 Å². The van der Waals surface area contributed by atoms with Crippen molar-refractivity contribution in [1.82, 2.24) is 9.78 Å². The third kappa shape index (κ3) is 4.09. The van der Waals surface area contributed by atoms with Crippen LogP contribution in [0.25, 0.3) is 11.3 Å². The van der Waals surface area contributed by atoms with E-state index in [-0.39, 0.29) is 0 Å². The fourth-order valence-corrected chi connectivity index (χ4v) is 2.60. The third-order valence-electron chi connectivity index (χ3n) is 3.73. The van der Waals surface area contributed by atoms with Gasteiger partial charge < -0.3 is 19.9 Å². The Kier molecular flexibility index (Phi) is 5.79. The van der Waals surface area contributed by atoms with Crippen LogP contribution >= 0.6 is 0 Å². The van der Waals surface area contributed by atoms with Gasteiger partial charge >= 0.3 is 6.09 Å². The highest BCUT2D eigenvalue weighted by Crippen LogP contribution is 2.35. The van der Waals surface area contributed by atoms with E-state index in [0.717, 1.165) is 12.0 Å². The summed E-state index contributed by atoms with van der Waals surface area (Å²) in [5, 5.41) is 4.43. The van der Waals surface area contributed by atoms with Crippen molar-refractivity contribution in [3.05, 3.63) is 23.9 Å². The largest absolute Gasteiger partial charge is 0.493 e. The maximum Gasteiger partial charge on any atom is 0.435 e. The molecule has 7 heteroatoms. The number of aromatic nitrogens is 2. The van der Waals surface area contributed by atoms with Crippen LogP contribution in [0.1, 0.15) is 39.8 Å². The summed E-state index contributed by atoms with van der Waals surface area (Å²) >= 11 is 0. The number of nitrogens with two attached hydrogens (primary N) is 1. The van der Waals surface area contributed by atoms with E-state index in [2.05, 4.69) is 5.10 Å². The SMILES string of the molecule is CCCc1c(N)c(-c2ccc(OC)c(OC)c2)nn1C(=O)OC(C)(C)C. The molecular weight excluding hydrogens is 334 g/mol. The molecule has 7 nitrogen and oxygen atoms in total. The molecule has 0 aliphatic rings. The first-order valence-corrected chi connectivity index (χ1v) is 8.55. The topological polar surface area (TPSA) is 88.6 Å². The number of hydrogen-bond acceptors (Lipinski definition) is 6. The second kappa shape index (κ2) is 7.68. The maximum atomic E-state index is 12.6. The van der Waals surface area contributed by atoms with Gasteiger partial charge in [0.2, 0.25) is 0 Å². The van der Waals surface area contributed by atoms with Gasteiger partial charge in [0.1, 0.15) is 11.3 Å². The summed E-state index contributed by atoms with van der Waals surface area (Å²) in [4.78, 5) is 12.6. The number of hydrogen-bond donors (Lipinski definition) is 1. The molecular formula is C19H27N3O4. The Hall–Kier alpha value is -2.70. The molecule has 0 saturated heterocycles. The number of nitrogen functional groups attached to an aromatic ring is 1. The zero-order valence-corrected chi connectivity index (χ0v) is 16.3. The summed E-state index contributed by atoms with van der Waals surface area (Å²) < 4.78 is 17.3. The third-order valence-corrected chi connectivity index (χ3v) is 3.73. The number of methoxy groups -OCH3 is 2. The van der Waals surface area contributed by atoms with Crippen LogP contribution in [0.2, 0.25) is 0 Å². The molecule has 2 aromatic rings. The van der Waals surface area contributed by atoms with Gasteiger partial charge in [-0.2, -0.15) is 9.78 Å². The minimum absolute atomic E-state index is 0.463. The molecule has 142 valence electrons. The first-order chi connectivity index (χ1) is 12.2. The van der Waals surface area contributed by atoms with Crippen molar-refractivity contribution >= 4 is 11.8 Å². The number of anilines is 1. The molecule has 0 atom stereocenters. The summed E-state index contributed by atoms with van der Waals surface area (Å²) in [6.45, 7) is 7.45. The van der Waals surface area contributed by atoms with Crippen molar-refractivity contribution in [1.29, 1.82) is 0 Å². The smallest absolute Gasteiger partial charge is 0.435 e. The average molecular weight is 361 g/mol. The van der Waals surface area contributed by atoms with Crippen molar-refractivity contribution in [3.8, 4) is 22.8 Å². The minimum atomic E-state index is -0.620. The fourth-order valence-electron chi connectivity index (χ4n) is 2.60. The zero-order valence-electron chi connectivity index (χ0n) is 16.3. The van der Waals surface area contributed by atoms with Gasteiger partial charge in [-0.05, 0) is 45.4 Å². The zero-order chi connectivity index (χ0) is 19.5. The summed E-state index contributed by atoms with van der Waals surface area (Å²) in [5.74, 6) is 1.17. The molecule has 1 aromatic carbocycles. The molecule has 2 rings (SSSR count). The Morgan fingerprint density at radius 2 is 1.85 bits per heavy atom. The fraction of sp³-hybridized carbons (Fsp3) is 0.474. The number of carbonyl (C=O) groups is 1. The first-order valence-electron chi connectivity index (χ1n) is 8.55. The molecule has 0 spiro atoms. The predicted octanol–water partition coefficient (Wildman–Crippen LogP) is 3.89. The summed E-state index contributed by atoms with van der Waals surface area (Å²) in [6.07, 6.45) is 0.898. The molecule has 0 unspecified atom stereocenters. The van der Waals surface area contributed by atoms with Crippen LogP contribution in [-0.2, 0) is 11.2 Å². The van der Waals surface area contributed by atoms with Crippen molar-refractivity contribution in [2.45, 2.75) is 46.1 Å². The highest BCUT2D eigenvalue weighted by atomic mass is 16.6. The second-order valence-corrected chi connectivity index (χ2v) is 6.92. The second-order valence-electron chi connectivity index (χ2n) is 6.92. The lowest BCUT2D eigenvalue weighted by Gasteiger charge is -2.19. The molecule has 26 heavy (non-hydrogen) atoms. The molecule has 2 N–H and O–H groups in total. The summed E-state index contributed by atoms with van der Waals surface area (Å²) in [5.41, 5.74) is 8.06. The molecule has 1 aromatic heterocycles. The van der Waals surface area contributed by atoms with Crippen LogP contribution < -0.4 is 15.2 Å². The Labute approximate surface area is 154 Å². The Balaban J connectivity index is 2.54. The highest BCUT2D eigenvalue weighted by Gasteiger charge is 2.25. The van der Waals surface area contributed by atoms with E-state index in [1.54, 1.807) is 26.4 Å². The average Bonchev–Trinajstić information content (AvgIpc) is 2.90. The minimum Gasteiger partial charge on any atom is -0.493 e. The van der Waals surface area contributed by atoms with Gasteiger partial charge in [-0.1, -0.05) is 13.3 Å². The Bertz CT molecular complexity index is 791. The predicted molar refractivity (Wildman–Crippen MR) is 101 cm³/mol. The molecule has 1 heterocycles. The first kappa shape index (κ1) is 19.6. The van der Waals surface area contributed by atoms with E-state index in [4.69, 9.17) is 19.9 Å². The number of nitrogens with zero attached hydrogens (tertiary/aromatic N) is 2. The van der Waals surface area contributed by atoms with Crippen molar-refractivity contribution in [2.24, 2.45) is 0 Å². The molecule has 0 amide bonds. The van der Waals surface area contributed by atoms with Crippen LogP contribution in [0.15, 0.2) is 18.2 Å². The number of rotatable bonds is 5. The van der Waals surface area contributed by atoms with Crippen molar-refractivity contribution in [2.75, 3.05) is 20.0 Å². The van der Waals surface area contributed by atoms with Gasteiger partial charge in [-0.3, -0.25) is 0 Å². The van der Waals surface area contributed by atoms with E-state index in [1.165, 1.54) is 4.68 Å². The van der Waals surface area contributed by atoms with Gasteiger partial charge in [-0.25, -0.2) is 4.79 Å². The standard InChI is InChI=1S/C19H27N3O4/c1-7-8-13-16(20)17(21-22(13)18(23)26-19(2,3)4)12-9-10-14(24-5)15(11-12)25-6/h9-11H,7-8,20H2,1-6H3. The molecule has 0 fully saturated rings. The lowest BCUT2D eigenvalue weighted by atomic mass is 10.1. The highest BCUT2D eigenvalue weighted by molar-refractivity contribution is 5.81. The lowest BCUT2D eigenvalue weighted by Crippen LogP contribution is -2.28. The molecule has 0 aliphatic carbocycles. The van der Waals surface area contributed by atoms with Crippen LogP contribution in [-0.4, -0.2) is 35.7 Å². The quantitative estimate of drug-likeness (QED) is 0.869. The molecule has 0 aliphatic heterocycles. The molecule has 0 bridgehead atoms. The van der Waals surface area contributed by atoms with E-state index < -0.39 is 11.7 Å². The van der Waals surface area contributed by atoms with E-state index in [9.17, 15) is 4.79 Å². The van der Waals surface area contributed by atoms with E-state index in [1.807, 2.05) is 33.8 Å². The molecule has 0 saturated carbocycles. The van der Waals surface area contributed by atoms with Crippen LogP contribution in [0.3, 0.4) is 0 Å². The normalized spacial score (nSPS) is 11.3. The maximum absolute atomic E-state index is 12.6. The van der Waals surface area contributed by atoms with Gasteiger partial charge in [0, 0.05) is 5.56 Å². The van der Waals surface area contributed by atoms with E-state index in [0.29, 0.717) is 35.0 Å². The number of carbonyl (C=O) groups excluding carboxylic acids is 1. The van der Waals surface area contributed by atoms with Crippen LogP contribution in [0.4, 0.5) is 10.5 Å². The van der Waals surface area contributed by atoms with Crippen LogP contribution in [0, 0.1) is 0 Å². The lowest BCUT2D eigenvalue weighted by molar-refractivity contribution is 0.0510. The monoisotopic (exact) mass is 361 g/mol. The van der Waals surface area contributed by atoms with Crippen LogP contribution in [0.5, 0.6) is 11.5 Å². The summed E-state index contributed by atoms with van der Waals surface area (Å²) in [7, 11) is 3.13. The molecule has 0 radical (unpaired) electrons. The Morgan fingerprint density at radius 1 is 1.19 bits per heavy atom. The van der Waals surface area contributed by atoms with Crippen molar-refractivity contribution < 1.29 is 19.0 Å². The van der Waals surface area contributed by atoms with Crippen molar-refractivity contribution in [3.63, 3.8) is 0 Å². The van der Waals surface area contributed by atoms with Gasteiger partial charge in [0.05, 0.1) is 25.6 Å². The van der Waals surface area contributed by atoms with Gasteiger partial charge in [0.25, 0.3) is 0 Å². The number of ether oxygens (including phenoxy) is 3. The summed E-state index contributed by atoms with van der Waals surface area (Å²) in [6, 6.07) is 5.39.